The van der Waals surface area contributed by atoms with Gasteiger partial charge in [0.05, 0.1) is 17.4 Å². The van der Waals surface area contributed by atoms with Gasteiger partial charge < -0.3 is 0 Å². The Bertz CT molecular complexity index is 1120. The Kier molecular flexibility index (Phi) is 4.81. The summed E-state index contributed by atoms with van der Waals surface area (Å²) in [6.45, 7) is 2.05. The van der Waals surface area contributed by atoms with Crippen LogP contribution in [0.5, 0.6) is 0 Å². The first-order valence-electron chi connectivity index (χ1n) is 8.58. The minimum atomic E-state index is 0.438. The second-order valence-corrected chi connectivity index (χ2v) is 6.59. The first-order valence-corrected chi connectivity index (χ1v) is 8.96. The summed E-state index contributed by atoms with van der Waals surface area (Å²) >= 11 is 6.19. The van der Waals surface area contributed by atoms with Crippen molar-refractivity contribution in [1.82, 2.24) is 9.97 Å². The summed E-state index contributed by atoms with van der Waals surface area (Å²) in [7, 11) is 0. The van der Waals surface area contributed by atoms with E-state index >= 15 is 0 Å². The van der Waals surface area contributed by atoms with Crippen molar-refractivity contribution in [2.45, 2.75) is 6.92 Å². The highest BCUT2D eigenvalue weighted by atomic mass is 35.5. The minimum Gasteiger partial charge on any atom is -0.245 e. The highest BCUT2D eigenvalue weighted by molar-refractivity contribution is 6.31. The molecule has 0 amide bonds. The summed E-state index contributed by atoms with van der Waals surface area (Å²) in [6.07, 6.45) is 1.77. The van der Waals surface area contributed by atoms with E-state index in [1.165, 1.54) is 0 Å². The van der Waals surface area contributed by atoms with Crippen LogP contribution in [0, 0.1) is 6.92 Å². The lowest BCUT2D eigenvalue weighted by Crippen LogP contribution is -2.00. The van der Waals surface area contributed by atoms with Crippen molar-refractivity contribution in [2.24, 2.45) is 5.10 Å². The number of anilines is 1. The van der Waals surface area contributed by atoms with Crippen LogP contribution in [0.25, 0.3) is 22.2 Å². The van der Waals surface area contributed by atoms with Crippen LogP contribution in [0.2, 0.25) is 5.02 Å². The number of benzene rings is 3. The zero-order valence-corrected chi connectivity index (χ0v) is 15.5. The van der Waals surface area contributed by atoms with E-state index in [2.05, 4.69) is 20.5 Å². The molecule has 132 valence electrons. The lowest BCUT2D eigenvalue weighted by atomic mass is 10.1. The number of hydrogen-bond donors (Lipinski definition) is 1. The molecule has 0 unspecified atom stereocenters. The fraction of sp³-hybridized carbons (Fsp3) is 0.0455. The van der Waals surface area contributed by atoms with Gasteiger partial charge in [0, 0.05) is 16.0 Å². The molecule has 0 aliphatic carbocycles. The molecule has 3 aromatic carbocycles. The van der Waals surface area contributed by atoms with E-state index in [1.807, 2.05) is 79.7 Å². The number of aromatic nitrogens is 2. The zero-order valence-electron chi connectivity index (χ0n) is 14.7. The first kappa shape index (κ1) is 17.2. The maximum atomic E-state index is 6.19. The van der Waals surface area contributed by atoms with Crippen LogP contribution in [0.3, 0.4) is 0 Å². The molecule has 1 N–H and O–H groups in total. The Balaban J connectivity index is 1.74. The fourth-order valence-electron chi connectivity index (χ4n) is 2.86. The van der Waals surface area contributed by atoms with Gasteiger partial charge in [0.25, 0.3) is 0 Å². The molecule has 0 saturated heterocycles. The molecular weight excluding hydrogens is 356 g/mol. The number of nitrogens with one attached hydrogen (secondary N) is 1. The molecule has 0 aliphatic heterocycles. The van der Waals surface area contributed by atoms with Crippen LogP contribution in [0.1, 0.15) is 11.1 Å². The molecule has 4 aromatic rings. The highest BCUT2D eigenvalue weighted by Crippen LogP contribution is 2.29. The highest BCUT2D eigenvalue weighted by Gasteiger charge is 2.10. The number of nitrogens with zero attached hydrogens (tertiary/aromatic N) is 3. The van der Waals surface area contributed by atoms with Gasteiger partial charge in [-0.1, -0.05) is 66.2 Å². The van der Waals surface area contributed by atoms with E-state index in [0.29, 0.717) is 11.0 Å². The molecule has 0 spiro atoms. The van der Waals surface area contributed by atoms with Crippen LogP contribution in [-0.2, 0) is 0 Å². The Hall–Kier alpha value is -3.24. The number of hydrazone groups is 1. The third kappa shape index (κ3) is 3.81. The van der Waals surface area contributed by atoms with Crippen LogP contribution in [0.4, 0.5) is 5.95 Å². The molecule has 1 aromatic heterocycles. The lowest BCUT2D eigenvalue weighted by molar-refractivity contribution is 1.15. The predicted octanol–water partition coefficient (Wildman–Crippen LogP) is 5.70. The molecule has 1 heterocycles. The molecule has 0 aliphatic rings. The van der Waals surface area contributed by atoms with Gasteiger partial charge in [-0.2, -0.15) is 5.10 Å². The summed E-state index contributed by atoms with van der Waals surface area (Å²) in [5.74, 6) is 0.438. The third-order valence-corrected chi connectivity index (χ3v) is 4.50. The summed E-state index contributed by atoms with van der Waals surface area (Å²) in [6, 6.07) is 23.6. The van der Waals surface area contributed by atoms with Gasteiger partial charge >= 0.3 is 0 Å². The van der Waals surface area contributed by atoms with Crippen molar-refractivity contribution in [3.63, 3.8) is 0 Å². The van der Waals surface area contributed by atoms with Gasteiger partial charge in [0.15, 0.2) is 0 Å². The van der Waals surface area contributed by atoms with Gasteiger partial charge in [-0.05, 0) is 36.2 Å². The third-order valence-electron chi connectivity index (χ3n) is 4.26. The van der Waals surface area contributed by atoms with Crippen LogP contribution >= 0.6 is 11.6 Å². The monoisotopic (exact) mass is 372 g/mol. The number of halogens is 1. The standard InChI is InChI=1S/C22H17ClN4/c1-15-7-5-6-10-17(15)14-24-27-22-25-20-12-11-18(23)13-19(20)21(26-22)16-8-3-2-4-9-16/h2-14H,1H3,(H,25,26,27). The maximum absolute atomic E-state index is 6.19. The Morgan fingerprint density at radius 1 is 0.926 bits per heavy atom. The first-order chi connectivity index (χ1) is 13.2. The number of rotatable bonds is 4. The number of fused-ring (bicyclic) bond motifs is 1. The topological polar surface area (TPSA) is 50.2 Å². The molecule has 0 bridgehead atoms. The maximum Gasteiger partial charge on any atom is 0.244 e. The summed E-state index contributed by atoms with van der Waals surface area (Å²) in [5.41, 5.74) is 7.77. The largest absolute Gasteiger partial charge is 0.245 e. The van der Waals surface area contributed by atoms with E-state index < -0.39 is 0 Å². The Morgan fingerprint density at radius 3 is 2.52 bits per heavy atom. The van der Waals surface area contributed by atoms with Crippen molar-refractivity contribution >= 4 is 34.7 Å². The average molecular weight is 373 g/mol. The van der Waals surface area contributed by atoms with Gasteiger partial charge in [0.1, 0.15) is 0 Å². The molecular formula is C22H17ClN4. The predicted molar refractivity (Wildman–Crippen MR) is 112 cm³/mol. The average Bonchev–Trinajstić information content (AvgIpc) is 2.70. The zero-order chi connectivity index (χ0) is 18.6. The molecule has 27 heavy (non-hydrogen) atoms. The molecule has 0 atom stereocenters. The summed E-state index contributed by atoms with van der Waals surface area (Å²) < 4.78 is 0. The summed E-state index contributed by atoms with van der Waals surface area (Å²) in [5, 5.41) is 5.86. The lowest BCUT2D eigenvalue weighted by Gasteiger charge is -2.09. The van der Waals surface area contributed by atoms with E-state index in [1.54, 1.807) is 6.21 Å². The molecule has 0 radical (unpaired) electrons. The van der Waals surface area contributed by atoms with Crippen molar-refractivity contribution in [2.75, 3.05) is 5.43 Å². The van der Waals surface area contributed by atoms with Crippen molar-refractivity contribution in [3.05, 3.63) is 88.9 Å². The van der Waals surface area contributed by atoms with E-state index in [4.69, 9.17) is 11.6 Å². The van der Waals surface area contributed by atoms with E-state index in [-0.39, 0.29) is 0 Å². The Labute approximate surface area is 162 Å². The van der Waals surface area contributed by atoms with Gasteiger partial charge in [-0.3, -0.25) is 0 Å². The van der Waals surface area contributed by atoms with Crippen LogP contribution in [0.15, 0.2) is 77.9 Å². The molecule has 0 saturated carbocycles. The SMILES string of the molecule is Cc1ccccc1C=NNc1nc(-c2ccccc2)c2cc(Cl)ccc2n1. The summed E-state index contributed by atoms with van der Waals surface area (Å²) in [4.78, 5) is 9.23. The van der Waals surface area contributed by atoms with Gasteiger partial charge in [-0.15, -0.1) is 0 Å². The molecule has 4 rings (SSSR count). The molecule has 4 nitrogen and oxygen atoms in total. The van der Waals surface area contributed by atoms with Crippen molar-refractivity contribution < 1.29 is 0 Å². The second kappa shape index (κ2) is 7.56. The van der Waals surface area contributed by atoms with Crippen molar-refractivity contribution in [1.29, 1.82) is 0 Å². The minimum absolute atomic E-state index is 0.438. The molecule has 5 heteroatoms. The van der Waals surface area contributed by atoms with E-state index in [9.17, 15) is 0 Å². The van der Waals surface area contributed by atoms with E-state index in [0.717, 1.165) is 33.3 Å². The Morgan fingerprint density at radius 2 is 1.70 bits per heavy atom. The smallest absolute Gasteiger partial charge is 0.244 e. The normalized spacial score (nSPS) is 11.2. The second-order valence-electron chi connectivity index (χ2n) is 6.15. The van der Waals surface area contributed by atoms with Crippen LogP contribution < -0.4 is 5.43 Å². The number of hydrogen-bond acceptors (Lipinski definition) is 4. The van der Waals surface area contributed by atoms with Crippen LogP contribution in [-0.4, -0.2) is 16.2 Å². The quantitative estimate of drug-likeness (QED) is 0.369. The fourth-order valence-corrected chi connectivity index (χ4v) is 3.03. The van der Waals surface area contributed by atoms with Gasteiger partial charge in [0.2, 0.25) is 5.95 Å². The molecule has 0 fully saturated rings. The van der Waals surface area contributed by atoms with Gasteiger partial charge in [-0.25, -0.2) is 15.4 Å². The van der Waals surface area contributed by atoms with Crippen molar-refractivity contribution in [3.8, 4) is 11.3 Å². The number of aryl methyl sites for hydroxylation is 1.